The van der Waals surface area contributed by atoms with Gasteiger partial charge in [0.2, 0.25) is 5.91 Å². The second-order valence-electron chi connectivity index (χ2n) is 9.43. The smallest absolute Gasteiger partial charge is 0.230 e. The quantitative estimate of drug-likeness (QED) is 0.225. The van der Waals surface area contributed by atoms with Crippen LogP contribution in [0.4, 0.5) is 5.69 Å². The van der Waals surface area contributed by atoms with Crippen molar-refractivity contribution in [2.75, 3.05) is 12.0 Å². The van der Waals surface area contributed by atoms with Crippen LogP contribution in [0.15, 0.2) is 90.1 Å². The molecule has 0 aliphatic heterocycles. The van der Waals surface area contributed by atoms with Crippen molar-refractivity contribution < 1.29 is 9.53 Å². The first-order valence-electron chi connectivity index (χ1n) is 12.7. The van der Waals surface area contributed by atoms with Gasteiger partial charge < -0.3 is 14.2 Å². The van der Waals surface area contributed by atoms with Crippen LogP contribution in [0.2, 0.25) is 5.02 Å². The molecule has 38 heavy (non-hydrogen) atoms. The molecule has 0 bridgehead atoms. The number of halogens is 1. The molecule has 1 amide bonds. The van der Waals surface area contributed by atoms with E-state index in [1.807, 2.05) is 77.3 Å². The third-order valence-electron chi connectivity index (χ3n) is 6.97. The molecule has 3 aromatic carbocycles. The summed E-state index contributed by atoms with van der Waals surface area (Å²) in [5.41, 5.74) is 4.38. The molecule has 0 spiro atoms. The fourth-order valence-electron chi connectivity index (χ4n) is 4.84. The van der Waals surface area contributed by atoms with E-state index in [9.17, 15) is 4.79 Å². The highest BCUT2D eigenvalue weighted by Gasteiger charge is 2.27. The minimum absolute atomic E-state index is 0.0144. The Morgan fingerprint density at radius 1 is 1.18 bits per heavy atom. The van der Waals surface area contributed by atoms with Crippen molar-refractivity contribution in [3.05, 3.63) is 113 Å². The van der Waals surface area contributed by atoms with E-state index < -0.39 is 0 Å². The number of aryl methyl sites for hydroxylation is 2. The number of anilines is 1. The van der Waals surface area contributed by atoms with Crippen molar-refractivity contribution in [1.29, 1.82) is 0 Å². The summed E-state index contributed by atoms with van der Waals surface area (Å²) < 4.78 is 11.3. The number of ether oxygens (including phenoxy) is 1. The van der Waals surface area contributed by atoms with E-state index in [4.69, 9.17) is 16.3 Å². The van der Waals surface area contributed by atoms with Crippen LogP contribution < -0.4 is 9.62 Å². The van der Waals surface area contributed by atoms with Crippen molar-refractivity contribution in [2.45, 2.75) is 42.8 Å². The summed E-state index contributed by atoms with van der Waals surface area (Å²) in [6.07, 6.45) is 5.56. The van der Waals surface area contributed by atoms with Gasteiger partial charge in [-0.05, 0) is 71.8 Å². The number of imidazole rings is 1. The predicted molar refractivity (Wildman–Crippen MR) is 153 cm³/mol. The highest BCUT2D eigenvalue weighted by atomic mass is 35.5. The molecule has 2 atom stereocenters. The number of aromatic nitrogens is 2. The second kappa shape index (κ2) is 12.2. The zero-order valence-electron chi connectivity index (χ0n) is 21.5. The number of nitrogens with zero attached hydrogens (tertiary/aromatic N) is 3. The average Bonchev–Trinajstić information content (AvgIpc) is 3.54. The summed E-state index contributed by atoms with van der Waals surface area (Å²) in [4.78, 5) is 21.2. The van der Waals surface area contributed by atoms with Crippen molar-refractivity contribution in [2.24, 2.45) is 7.05 Å². The highest BCUT2D eigenvalue weighted by Crippen LogP contribution is 2.37. The SMILES string of the molecule is CO[C@@H](CC(=O)N(Cc1nccn1C)c1ccc2c(c1)C(NSc1cccc(Cl)c1)CC2)c1ccccc1. The molecule has 5 rings (SSSR count). The van der Waals surface area contributed by atoms with Gasteiger partial charge in [-0.1, -0.05) is 54.1 Å². The van der Waals surface area contributed by atoms with Gasteiger partial charge in [-0.25, -0.2) is 4.98 Å². The van der Waals surface area contributed by atoms with Crippen LogP contribution >= 0.6 is 23.5 Å². The first kappa shape index (κ1) is 26.5. The Morgan fingerprint density at radius 2 is 2.03 bits per heavy atom. The molecule has 1 heterocycles. The number of benzene rings is 3. The van der Waals surface area contributed by atoms with Crippen molar-refractivity contribution in [3.8, 4) is 0 Å². The number of methoxy groups -OCH3 is 1. The molecule has 1 aliphatic carbocycles. The third-order valence-corrected chi connectivity index (χ3v) is 8.10. The van der Waals surface area contributed by atoms with E-state index in [2.05, 4.69) is 27.9 Å². The number of fused-ring (bicyclic) bond motifs is 1. The zero-order chi connectivity index (χ0) is 26.5. The molecule has 0 saturated heterocycles. The fourth-order valence-corrected chi connectivity index (χ4v) is 5.95. The second-order valence-corrected chi connectivity index (χ2v) is 10.8. The minimum atomic E-state index is -0.328. The maximum absolute atomic E-state index is 13.8. The number of carbonyl (C=O) groups excluding carboxylic acids is 1. The van der Waals surface area contributed by atoms with Gasteiger partial charge in [0.15, 0.2) is 0 Å². The van der Waals surface area contributed by atoms with E-state index in [1.165, 1.54) is 11.1 Å². The van der Waals surface area contributed by atoms with E-state index in [0.29, 0.717) is 6.54 Å². The largest absolute Gasteiger partial charge is 0.376 e. The van der Waals surface area contributed by atoms with E-state index in [-0.39, 0.29) is 24.5 Å². The maximum atomic E-state index is 13.8. The van der Waals surface area contributed by atoms with E-state index >= 15 is 0 Å². The number of hydrogen-bond acceptors (Lipinski definition) is 5. The predicted octanol–water partition coefficient (Wildman–Crippen LogP) is 6.67. The molecule has 196 valence electrons. The normalized spacial score (nSPS) is 15.3. The van der Waals surface area contributed by atoms with Gasteiger partial charge in [-0.3, -0.25) is 9.52 Å². The summed E-state index contributed by atoms with van der Waals surface area (Å²) in [7, 11) is 3.60. The summed E-state index contributed by atoms with van der Waals surface area (Å²) in [6.45, 7) is 0.377. The molecule has 8 heteroatoms. The summed E-state index contributed by atoms with van der Waals surface area (Å²) in [5.74, 6) is 0.804. The molecule has 4 aromatic rings. The highest BCUT2D eigenvalue weighted by molar-refractivity contribution is 7.97. The Morgan fingerprint density at radius 3 is 2.76 bits per heavy atom. The minimum Gasteiger partial charge on any atom is -0.376 e. The lowest BCUT2D eigenvalue weighted by Gasteiger charge is -2.26. The van der Waals surface area contributed by atoms with Gasteiger partial charge in [-0.15, -0.1) is 0 Å². The Kier molecular flexibility index (Phi) is 8.49. The summed E-state index contributed by atoms with van der Waals surface area (Å²) >= 11 is 7.75. The van der Waals surface area contributed by atoms with Gasteiger partial charge in [0.05, 0.1) is 19.1 Å². The Bertz CT molecular complexity index is 1390. The standard InChI is InChI=1S/C30H31ClN4O2S/c1-34-16-15-32-29(34)20-35(30(36)19-28(37-2)22-7-4-3-5-8-22)24-13-11-21-12-14-27(26(21)18-24)33-38-25-10-6-9-23(31)17-25/h3-11,13,15-18,27-28,33H,12,14,19-20H2,1-2H3/t27?,28-/m0/s1. The maximum Gasteiger partial charge on any atom is 0.230 e. The van der Waals surface area contributed by atoms with Crippen LogP contribution in [-0.2, 0) is 29.5 Å². The molecule has 6 nitrogen and oxygen atoms in total. The molecule has 0 radical (unpaired) electrons. The van der Waals surface area contributed by atoms with Crippen LogP contribution in [0.1, 0.15) is 47.5 Å². The monoisotopic (exact) mass is 546 g/mol. The fraction of sp³-hybridized carbons (Fsp3) is 0.267. The summed E-state index contributed by atoms with van der Waals surface area (Å²) in [6, 6.07) is 24.2. The number of hydrogen-bond donors (Lipinski definition) is 1. The van der Waals surface area contributed by atoms with Crippen LogP contribution in [0, 0.1) is 0 Å². The molecule has 1 aromatic heterocycles. The van der Waals surface area contributed by atoms with Gasteiger partial charge >= 0.3 is 0 Å². The number of rotatable bonds is 10. The Balaban J connectivity index is 1.40. The molecular weight excluding hydrogens is 516 g/mol. The topological polar surface area (TPSA) is 59.4 Å². The average molecular weight is 547 g/mol. The third kappa shape index (κ3) is 6.13. The Labute approximate surface area is 233 Å². The van der Waals surface area contributed by atoms with Gasteiger partial charge in [0.1, 0.15) is 5.82 Å². The van der Waals surface area contributed by atoms with Crippen molar-refractivity contribution in [3.63, 3.8) is 0 Å². The molecular formula is C30H31ClN4O2S. The van der Waals surface area contributed by atoms with Crippen molar-refractivity contribution in [1.82, 2.24) is 14.3 Å². The lowest BCUT2D eigenvalue weighted by Crippen LogP contribution is -2.33. The number of nitrogens with one attached hydrogen (secondary N) is 1. The van der Waals surface area contributed by atoms with Gasteiger partial charge in [0.25, 0.3) is 0 Å². The molecule has 0 fully saturated rings. The van der Waals surface area contributed by atoms with Gasteiger partial charge in [-0.2, -0.15) is 0 Å². The van der Waals surface area contributed by atoms with E-state index in [0.717, 1.165) is 39.8 Å². The summed E-state index contributed by atoms with van der Waals surface area (Å²) in [5, 5.41) is 0.721. The van der Waals surface area contributed by atoms with Gasteiger partial charge in [0, 0.05) is 48.2 Å². The molecule has 1 N–H and O–H groups in total. The number of carbonyl (C=O) groups is 1. The Hall–Kier alpha value is -3.10. The number of amides is 1. The van der Waals surface area contributed by atoms with Crippen LogP contribution in [0.25, 0.3) is 0 Å². The zero-order valence-corrected chi connectivity index (χ0v) is 23.1. The lowest BCUT2D eigenvalue weighted by atomic mass is 10.0. The first-order valence-corrected chi connectivity index (χ1v) is 13.9. The van der Waals surface area contributed by atoms with E-state index in [1.54, 1.807) is 25.3 Å². The van der Waals surface area contributed by atoms with Crippen LogP contribution in [-0.4, -0.2) is 22.6 Å². The lowest BCUT2D eigenvalue weighted by molar-refractivity contribution is -0.121. The molecule has 1 unspecified atom stereocenters. The van der Waals surface area contributed by atoms with Crippen molar-refractivity contribution >= 4 is 35.1 Å². The van der Waals surface area contributed by atoms with Crippen LogP contribution in [0.5, 0.6) is 0 Å². The van der Waals surface area contributed by atoms with Crippen LogP contribution in [0.3, 0.4) is 0 Å². The first-order chi connectivity index (χ1) is 18.5. The molecule has 0 saturated carbocycles. The molecule has 1 aliphatic rings.